The van der Waals surface area contributed by atoms with Crippen molar-refractivity contribution in [3.05, 3.63) is 46.6 Å². The Morgan fingerprint density at radius 2 is 1.38 bits per heavy atom. The first-order valence-corrected chi connectivity index (χ1v) is 12.0. The van der Waals surface area contributed by atoms with Crippen LogP contribution in [0.4, 0.5) is 0 Å². The van der Waals surface area contributed by atoms with Crippen molar-refractivity contribution in [2.75, 3.05) is 11.5 Å². The second-order valence-electron chi connectivity index (χ2n) is 7.84. The van der Waals surface area contributed by atoms with Gasteiger partial charge in [-0.05, 0) is 85.4 Å². The van der Waals surface area contributed by atoms with Crippen LogP contribution in [-0.2, 0) is 4.79 Å². The summed E-state index contributed by atoms with van der Waals surface area (Å²) >= 11 is 6.47. The molecule has 1 unspecified atom stereocenters. The third-order valence-corrected chi connectivity index (χ3v) is 5.61. The molecule has 0 aromatic heterocycles. The normalized spacial score (nSPS) is 13.8. The van der Waals surface area contributed by atoms with E-state index in [1.807, 2.05) is 0 Å². The molecule has 0 rings (SSSR count). The van der Waals surface area contributed by atoms with Gasteiger partial charge in [0.2, 0.25) is 0 Å². The molecule has 0 aliphatic carbocycles. The zero-order valence-corrected chi connectivity index (χ0v) is 20.6. The summed E-state index contributed by atoms with van der Waals surface area (Å²) in [4.78, 5) is 10.9. The molecule has 29 heavy (non-hydrogen) atoms. The smallest absolute Gasteiger partial charge is 0.164 e. The Balaban J connectivity index is 4.04. The maximum absolute atomic E-state index is 10.9. The van der Waals surface area contributed by atoms with E-state index in [1.54, 1.807) is 11.8 Å². The lowest BCUT2D eigenvalue weighted by Crippen LogP contribution is -2.40. The van der Waals surface area contributed by atoms with Crippen molar-refractivity contribution < 1.29 is 4.79 Å². The average Bonchev–Trinajstić information content (AvgIpc) is 2.63. The highest BCUT2D eigenvalue weighted by atomic mass is 32.2. The largest absolute Gasteiger partial charge is 0.376 e. The summed E-state index contributed by atoms with van der Waals surface area (Å²) in [6.45, 7) is 11.0. The molecule has 0 radical (unpaired) electrons. The van der Waals surface area contributed by atoms with Gasteiger partial charge in [0, 0.05) is 11.5 Å². The summed E-state index contributed by atoms with van der Waals surface area (Å²) in [6.07, 6.45) is 16.9. The monoisotopic (exact) mass is 436 g/mol. The fourth-order valence-electron chi connectivity index (χ4n) is 2.68. The van der Waals surface area contributed by atoms with Crippen LogP contribution < -0.4 is 11.1 Å². The topological polar surface area (TPSA) is 55.1 Å². The van der Waals surface area contributed by atoms with Crippen LogP contribution in [0.2, 0.25) is 0 Å². The van der Waals surface area contributed by atoms with Crippen LogP contribution in [0.15, 0.2) is 46.6 Å². The number of hydrogen-bond donors (Lipinski definition) is 2. The van der Waals surface area contributed by atoms with Crippen LogP contribution in [0, 0.1) is 0 Å². The van der Waals surface area contributed by atoms with Gasteiger partial charge < -0.3 is 15.8 Å². The molecule has 0 saturated carbocycles. The van der Waals surface area contributed by atoms with Crippen LogP contribution in [0.3, 0.4) is 0 Å². The summed E-state index contributed by atoms with van der Waals surface area (Å²) in [5, 5.41) is 2.96. The standard InChI is InChI=1S/C24H40N2OS2/c1-19(2)9-6-10-20(3)11-7-12-21(4)13-8-14-22(5)15-16-29-18-23(17-27)26-24(25)28/h9,11,13,15,17,23H,6-8,10,12,14,16,18H2,1-5H3,(H3,25,26,28)/b20-11+,21-13+,22-15+. The average molecular weight is 437 g/mol. The zero-order chi connectivity index (χ0) is 22.1. The highest BCUT2D eigenvalue weighted by molar-refractivity contribution is 7.99. The fourth-order valence-corrected chi connectivity index (χ4v) is 3.79. The molecule has 0 heterocycles. The molecule has 0 spiro atoms. The van der Waals surface area contributed by atoms with Crippen molar-refractivity contribution in [1.82, 2.24) is 5.32 Å². The van der Waals surface area contributed by atoms with Gasteiger partial charge in [0.05, 0.1) is 6.04 Å². The second kappa shape index (κ2) is 17.5. The number of aldehydes is 1. The summed E-state index contributed by atoms with van der Waals surface area (Å²) in [5.41, 5.74) is 11.2. The van der Waals surface area contributed by atoms with E-state index in [2.05, 4.69) is 64.2 Å². The van der Waals surface area contributed by atoms with E-state index in [4.69, 9.17) is 18.0 Å². The number of nitrogens with two attached hydrogens (primary N) is 1. The van der Waals surface area contributed by atoms with Crippen molar-refractivity contribution in [3.8, 4) is 0 Å². The first-order chi connectivity index (χ1) is 13.7. The molecule has 0 aromatic carbocycles. The number of carbonyl (C=O) groups excluding carboxylic acids is 1. The van der Waals surface area contributed by atoms with Crippen LogP contribution in [0.1, 0.15) is 73.1 Å². The number of hydrogen-bond acceptors (Lipinski definition) is 3. The molecule has 3 nitrogen and oxygen atoms in total. The van der Waals surface area contributed by atoms with Crippen molar-refractivity contribution in [3.63, 3.8) is 0 Å². The van der Waals surface area contributed by atoms with Crippen molar-refractivity contribution in [2.45, 2.75) is 79.2 Å². The molecule has 0 saturated heterocycles. The summed E-state index contributed by atoms with van der Waals surface area (Å²) in [7, 11) is 0. The lowest BCUT2D eigenvalue weighted by atomic mass is 10.0. The molecule has 0 fully saturated rings. The number of rotatable bonds is 15. The molecule has 0 aliphatic heterocycles. The molecule has 164 valence electrons. The minimum absolute atomic E-state index is 0.172. The highest BCUT2D eigenvalue weighted by Crippen LogP contribution is 2.14. The Morgan fingerprint density at radius 3 is 1.83 bits per heavy atom. The predicted octanol–water partition coefficient (Wildman–Crippen LogP) is 6.27. The lowest BCUT2D eigenvalue weighted by Gasteiger charge is -2.11. The molecular weight excluding hydrogens is 396 g/mol. The Morgan fingerprint density at radius 1 is 0.897 bits per heavy atom. The maximum atomic E-state index is 10.9. The van der Waals surface area contributed by atoms with E-state index in [1.165, 1.54) is 28.7 Å². The van der Waals surface area contributed by atoms with Gasteiger partial charge in [0.1, 0.15) is 6.29 Å². The van der Waals surface area contributed by atoms with E-state index in [-0.39, 0.29) is 11.2 Å². The van der Waals surface area contributed by atoms with E-state index in [0.29, 0.717) is 5.75 Å². The third-order valence-electron chi connectivity index (χ3n) is 4.49. The van der Waals surface area contributed by atoms with E-state index >= 15 is 0 Å². The first-order valence-electron chi connectivity index (χ1n) is 10.4. The number of nitrogens with one attached hydrogen (secondary N) is 1. The number of thiocarbonyl (C=S) groups is 1. The van der Waals surface area contributed by atoms with Crippen LogP contribution in [0.5, 0.6) is 0 Å². The highest BCUT2D eigenvalue weighted by Gasteiger charge is 2.06. The second-order valence-corrected chi connectivity index (χ2v) is 9.35. The Hall–Kier alpha value is -1.33. The number of allylic oxidation sites excluding steroid dienone is 7. The van der Waals surface area contributed by atoms with Gasteiger partial charge in [-0.2, -0.15) is 11.8 Å². The van der Waals surface area contributed by atoms with Crippen molar-refractivity contribution in [2.24, 2.45) is 5.73 Å². The van der Waals surface area contributed by atoms with Crippen molar-refractivity contribution in [1.29, 1.82) is 0 Å². The van der Waals surface area contributed by atoms with E-state index in [0.717, 1.165) is 44.1 Å². The van der Waals surface area contributed by atoms with Crippen molar-refractivity contribution >= 4 is 35.4 Å². The summed E-state index contributed by atoms with van der Waals surface area (Å²) in [5.74, 6) is 1.57. The Labute approximate surface area is 188 Å². The van der Waals surface area contributed by atoms with Gasteiger partial charge in [-0.1, -0.05) is 46.6 Å². The fraction of sp³-hybridized carbons (Fsp3) is 0.583. The van der Waals surface area contributed by atoms with Gasteiger partial charge in [0.15, 0.2) is 5.11 Å². The van der Waals surface area contributed by atoms with Crippen LogP contribution in [0.25, 0.3) is 0 Å². The van der Waals surface area contributed by atoms with Gasteiger partial charge in [-0.3, -0.25) is 0 Å². The molecule has 0 aromatic rings. The molecule has 1 atom stereocenters. The third kappa shape index (κ3) is 18.4. The van der Waals surface area contributed by atoms with Gasteiger partial charge in [-0.25, -0.2) is 0 Å². The zero-order valence-electron chi connectivity index (χ0n) is 18.9. The SMILES string of the molecule is CC(C)=CCC/C(C)=C/CC/C(C)=C/CC/C(C)=C/CSCC(C=O)NC(N)=S. The van der Waals surface area contributed by atoms with Crippen LogP contribution in [-0.4, -0.2) is 28.9 Å². The Bertz CT molecular complexity index is 614. The molecule has 0 bridgehead atoms. The minimum atomic E-state index is -0.304. The first kappa shape index (κ1) is 27.7. The predicted molar refractivity (Wildman–Crippen MR) is 136 cm³/mol. The van der Waals surface area contributed by atoms with Crippen LogP contribution >= 0.6 is 24.0 Å². The Kier molecular flexibility index (Phi) is 16.7. The number of carbonyl (C=O) groups is 1. The van der Waals surface area contributed by atoms with E-state index < -0.39 is 0 Å². The maximum Gasteiger partial charge on any atom is 0.164 e. The molecule has 0 amide bonds. The molecular formula is C24H40N2OS2. The van der Waals surface area contributed by atoms with Gasteiger partial charge >= 0.3 is 0 Å². The molecule has 0 aliphatic rings. The lowest BCUT2D eigenvalue weighted by molar-refractivity contribution is -0.108. The number of thioether (sulfide) groups is 1. The van der Waals surface area contributed by atoms with Gasteiger partial charge in [-0.15, -0.1) is 0 Å². The molecule has 3 N–H and O–H groups in total. The van der Waals surface area contributed by atoms with E-state index in [9.17, 15) is 4.79 Å². The van der Waals surface area contributed by atoms with Gasteiger partial charge in [0.25, 0.3) is 0 Å². The minimum Gasteiger partial charge on any atom is -0.376 e. The molecule has 5 heteroatoms. The summed E-state index contributed by atoms with van der Waals surface area (Å²) < 4.78 is 0. The quantitative estimate of drug-likeness (QED) is 0.137. The summed E-state index contributed by atoms with van der Waals surface area (Å²) in [6, 6.07) is -0.304.